The highest BCUT2D eigenvalue weighted by Crippen LogP contribution is 2.27. The second kappa shape index (κ2) is 8.16. The van der Waals surface area contributed by atoms with Gasteiger partial charge in [-0.25, -0.2) is 4.98 Å². The van der Waals surface area contributed by atoms with Crippen LogP contribution in [-0.2, 0) is 4.79 Å². The molecule has 0 aliphatic carbocycles. The quantitative estimate of drug-likeness (QED) is 0.678. The number of halogens is 1. The first-order valence-electron chi connectivity index (χ1n) is 8.94. The van der Waals surface area contributed by atoms with Crippen molar-refractivity contribution in [2.75, 3.05) is 18.4 Å². The molecule has 1 aliphatic heterocycles. The van der Waals surface area contributed by atoms with E-state index in [4.69, 9.17) is 16.0 Å². The minimum atomic E-state index is -0.257. The number of carbonyl (C=O) groups excluding carboxylic acids is 2. The van der Waals surface area contributed by atoms with Crippen molar-refractivity contribution >= 4 is 39.9 Å². The smallest absolute Gasteiger partial charge is 0.257 e. The summed E-state index contributed by atoms with van der Waals surface area (Å²) in [6, 6.07) is 9.04. The van der Waals surface area contributed by atoms with Crippen molar-refractivity contribution < 1.29 is 14.0 Å². The molecule has 0 radical (unpaired) electrons. The predicted molar refractivity (Wildman–Crippen MR) is 109 cm³/mol. The number of amides is 2. The SMILES string of the molecule is O=C(Nc1nc(-c2ccc(Cl)cc2)cs1)C1CCCN(C(=O)c2ccoc2)C1. The number of carbonyl (C=O) groups is 2. The fraction of sp³-hybridized carbons (Fsp3) is 0.250. The molecule has 1 atom stereocenters. The average Bonchev–Trinajstić information content (AvgIpc) is 3.40. The minimum Gasteiger partial charge on any atom is -0.472 e. The van der Waals surface area contributed by atoms with E-state index in [9.17, 15) is 9.59 Å². The summed E-state index contributed by atoms with van der Waals surface area (Å²) in [6.45, 7) is 1.04. The molecule has 4 rings (SSSR count). The van der Waals surface area contributed by atoms with Crippen LogP contribution in [-0.4, -0.2) is 34.8 Å². The van der Waals surface area contributed by atoms with Crippen LogP contribution in [0.3, 0.4) is 0 Å². The molecule has 28 heavy (non-hydrogen) atoms. The van der Waals surface area contributed by atoms with E-state index >= 15 is 0 Å². The molecular formula is C20H18ClN3O3S. The third kappa shape index (κ3) is 4.10. The molecule has 3 aromatic rings. The molecule has 144 valence electrons. The van der Waals surface area contributed by atoms with Crippen LogP contribution in [0.25, 0.3) is 11.3 Å². The van der Waals surface area contributed by atoms with E-state index in [0.717, 1.165) is 24.1 Å². The molecule has 1 aromatic carbocycles. The van der Waals surface area contributed by atoms with Crippen LogP contribution in [0.15, 0.2) is 52.7 Å². The van der Waals surface area contributed by atoms with Gasteiger partial charge in [0, 0.05) is 29.1 Å². The Morgan fingerprint density at radius 2 is 2.07 bits per heavy atom. The normalized spacial score (nSPS) is 16.8. The van der Waals surface area contributed by atoms with E-state index in [0.29, 0.717) is 28.8 Å². The van der Waals surface area contributed by atoms with Gasteiger partial charge >= 0.3 is 0 Å². The summed E-state index contributed by atoms with van der Waals surface area (Å²) < 4.78 is 4.98. The van der Waals surface area contributed by atoms with Crippen LogP contribution in [0.5, 0.6) is 0 Å². The summed E-state index contributed by atoms with van der Waals surface area (Å²) in [5.74, 6) is -0.472. The number of hydrogen-bond acceptors (Lipinski definition) is 5. The number of benzene rings is 1. The molecule has 6 nitrogen and oxygen atoms in total. The van der Waals surface area contributed by atoms with Crippen molar-refractivity contribution in [1.29, 1.82) is 0 Å². The minimum absolute atomic E-state index is 0.106. The number of furan rings is 1. The van der Waals surface area contributed by atoms with Gasteiger partial charge in [-0.1, -0.05) is 23.7 Å². The highest BCUT2D eigenvalue weighted by molar-refractivity contribution is 7.14. The predicted octanol–water partition coefficient (Wildman–Crippen LogP) is 4.55. The Morgan fingerprint density at radius 3 is 2.82 bits per heavy atom. The molecule has 1 fully saturated rings. The highest BCUT2D eigenvalue weighted by atomic mass is 35.5. The van der Waals surface area contributed by atoms with Crippen LogP contribution in [0.1, 0.15) is 23.2 Å². The van der Waals surface area contributed by atoms with Gasteiger partial charge in [0.2, 0.25) is 5.91 Å². The number of rotatable bonds is 4. The lowest BCUT2D eigenvalue weighted by molar-refractivity contribution is -0.121. The number of thiazole rings is 1. The summed E-state index contributed by atoms with van der Waals surface area (Å²) in [4.78, 5) is 31.4. The number of nitrogens with one attached hydrogen (secondary N) is 1. The van der Waals surface area contributed by atoms with Gasteiger partial charge < -0.3 is 14.6 Å². The molecule has 0 saturated carbocycles. The van der Waals surface area contributed by atoms with Crippen molar-refractivity contribution in [3.05, 3.63) is 58.8 Å². The van der Waals surface area contributed by atoms with Crippen molar-refractivity contribution in [2.45, 2.75) is 12.8 Å². The molecule has 2 aromatic heterocycles. The zero-order valence-electron chi connectivity index (χ0n) is 14.9. The Labute approximate surface area is 171 Å². The summed E-state index contributed by atoms with van der Waals surface area (Å²) in [5, 5.41) is 6.01. The van der Waals surface area contributed by atoms with Crippen molar-refractivity contribution in [3.8, 4) is 11.3 Å². The summed E-state index contributed by atoms with van der Waals surface area (Å²) in [5.41, 5.74) is 2.24. The highest BCUT2D eigenvalue weighted by Gasteiger charge is 2.29. The number of piperidine rings is 1. The molecule has 0 spiro atoms. The van der Waals surface area contributed by atoms with Gasteiger partial charge in [0.1, 0.15) is 6.26 Å². The van der Waals surface area contributed by atoms with E-state index in [1.807, 2.05) is 29.6 Å². The van der Waals surface area contributed by atoms with Gasteiger partial charge in [-0.2, -0.15) is 0 Å². The topological polar surface area (TPSA) is 75.4 Å². The Kier molecular flexibility index (Phi) is 5.45. The molecule has 0 bridgehead atoms. The van der Waals surface area contributed by atoms with Crippen LogP contribution in [0.4, 0.5) is 5.13 Å². The number of anilines is 1. The Morgan fingerprint density at radius 1 is 1.25 bits per heavy atom. The van der Waals surface area contributed by atoms with Crippen LogP contribution in [0.2, 0.25) is 5.02 Å². The van der Waals surface area contributed by atoms with Gasteiger partial charge in [-0.15, -0.1) is 11.3 Å². The number of hydrogen-bond donors (Lipinski definition) is 1. The van der Waals surface area contributed by atoms with E-state index in [-0.39, 0.29) is 17.7 Å². The standard InChI is InChI=1S/C20H18ClN3O3S/c21-16-5-3-13(4-6-16)17-12-28-20(22-17)23-18(25)14-2-1-8-24(10-14)19(26)15-7-9-27-11-15/h3-7,9,11-12,14H,1-2,8,10H2,(H,22,23,25). The van der Waals surface area contributed by atoms with Crippen LogP contribution < -0.4 is 5.32 Å². The zero-order chi connectivity index (χ0) is 19.5. The fourth-order valence-corrected chi connectivity index (χ4v) is 4.08. The first-order valence-corrected chi connectivity index (χ1v) is 10.2. The van der Waals surface area contributed by atoms with E-state index in [2.05, 4.69) is 10.3 Å². The molecule has 2 amide bonds. The molecule has 1 N–H and O–H groups in total. The molecule has 1 unspecified atom stereocenters. The zero-order valence-corrected chi connectivity index (χ0v) is 16.5. The number of aromatic nitrogens is 1. The number of nitrogens with zero attached hydrogens (tertiary/aromatic N) is 2. The first kappa shape index (κ1) is 18.7. The second-order valence-electron chi connectivity index (χ2n) is 6.64. The molecular weight excluding hydrogens is 398 g/mol. The monoisotopic (exact) mass is 415 g/mol. The van der Waals surface area contributed by atoms with Crippen molar-refractivity contribution in [1.82, 2.24) is 9.88 Å². The molecule has 1 aliphatic rings. The summed E-state index contributed by atoms with van der Waals surface area (Å²) in [6.07, 6.45) is 4.44. The lowest BCUT2D eigenvalue weighted by Gasteiger charge is -2.31. The van der Waals surface area contributed by atoms with Gasteiger partial charge in [0.05, 0.1) is 23.4 Å². The third-order valence-corrected chi connectivity index (χ3v) is 5.73. The van der Waals surface area contributed by atoms with Crippen LogP contribution >= 0.6 is 22.9 Å². The summed E-state index contributed by atoms with van der Waals surface area (Å²) in [7, 11) is 0. The Balaban J connectivity index is 1.39. The van der Waals surface area contributed by atoms with Crippen LogP contribution in [0, 0.1) is 5.92 Å². The Bertz CT molecular complexity index is 969. The fourth-order valence-electron chi connectivity index (χ4n) is 3.24. The third-order valence-electron chi connectivity index (χ3n) is 4.72. The molecule has 8 heteroatoms. The maximum absolute atomic E-state index is 12.7. The largest absolute Gasteiger partial charge is 0.472 e. The lowest BCUT2D eigenvalue weighted by atomic mass is 9.97. The number of likely N-dealkylation sites (tertiary alicyclic amines) is 1. The van der Waals surface area contributed by atoms with E-state index in [1.165, 1.54) is 23.9 Å². The van der Waals surface area contributed by atoms with E-state index in [1.54, 1.807) is 11.0 Å². The Hall–Kier alpha value is -2.64. The van der Waals surface area contributed by atoms with Gasteiger partial charge in [-0.3, -0.25) is 9.59 Å². The van der Waals surface area contributed by atoms with Crippen molar-refractivity contribution in [2.24, 2.45) is 5.92 Å². The van der Waals surface area contributed by atoms with Gasteiger partial charge in [0.15, 0.2) is 5.13 Å². The summed E-state index contributed by atoms with van der Waals surface area (Å²) >= 11 is 7.29. The average molecular weight is 416 g/mol. The molecule has 3 heterocycles. The maximum Gasteiger partial charge on any atom is 0.257 e. The molecule has 1 saturated heterocycles. The van der Waals surface area contributed by atoms with Gasteiger partial charge in [0.25, 0.3) is 5.91 Å². The maximum atomic E-state index is 12.7. The first-order chi connectivity index (χ1) is 13.6. The lowest BCUT2D eigenvalue weighted by Crippen LogP contribution is -2.43. The van der Waals surface area contributed by atoms with E-state index < -0.39 is 0 Å². The van der Waals surface area contributed by atoms with Crippen molar-refractivity contribution in [3.63, 3.8) is 0 Å². The second-order valence-corrected chi connectivity index (χ2v) is 7.93. The van der Waals surface area contributed by atoms with Gasteiger partial charge in [-0.05, 0) is 31.0 Å².